The van der Waals surface area contributed by atoms with Gasteiger partial charge in [-0.2, -0.15) is 0 Å². The van der Waals surface area contributed by atoms with Crippen molar-refractivity contribution in [3.8, 4) is 5.69 Å². The number of rotatable bonds is 6. The van der Waals surface area contributed by atoms with Crippen molar-refractivity contribution in [2.24, 2.45) is 0 Å². The predicted octanol–water partition coefficient (Wildman–Crippen LogP) is 4.24. The summed E-state index contributed by atoms with van der Waals surface area (Å²) >= 11 is 1.42. The van der Waals surface area contributed by atoms with Crippen LogP contribution < -0.4 is 0 Å². The number of hydrogen-bond acceptors (Lipinski definition) is 5. The molecule has 0 spiro atoms. The molecule has 0 bridgehead atoms. The summed E-state index contributed by atoms with van der Waals surface area (Å²) in [7, 11) is -2.99. The number of imidazole rings is 1. The largest absolute Gasteiger partial charge is 0.344 e. The van der Waals surface area contributed by atoms with E-state index in [4.69, 9.17) is 0 Å². The quantitative estimate of drug-likeness (QED) is 0.409. The lowest BCUT2D eigenvalue weighted by Gasteiger charge is -2.16. The van der Waals surface area contributed by atoms with Crippen LogP contribution in [0.15, 0.2) is 41.8 Å². The maximum Gasteiger partial charge on any atom is 0.175 e. The lowest BCUT2D eigenvalue weighted by atomic mass is 10.1. The number of ketones is 1. The first-order valence-electron chi connectivity index (χ1n) is 10.3. The van der Waals surface area contributed by atoms with Gasteiger partial charge in [-0.05, 0) is 63.4 Å². The van der Waals surface area contributed by atoms with Crippen molar-refractivity contribution in [2.75, 3.05) is 17.3 Å². The Morgan fingerprint density at radius 1 is 1.13 bits per heavy atom. The summed E-state index contributed by atoms with van der Waals surface area (Å²) in [6, 6.07) is 8.14. The van der Waals surface area contributed by atoms with Crippen LogP contribution >= 0.6 is 11.8 Å². The molecule has 2 aromatic heterocycles. The molecule has 3 heterocycles. The Kier molecular flexibility index (Phi) is 5.87. The molecule has 1 aliphatic heterocycles. The number of hydrogen-bond donors (Lipinski definition) is 0. The second-order valence-corrected chi connectivity index (χ2v) is 11.5. The second-order valence-electron chi connectivity index (χ2n) is 8.35. The van der Waals surface area contributed by atoms with E-state index >= 15 is 0 Å². The van der Waals surface area contributed by atoms with Crippen molar-refractivity contribution in [3.05, 3.63) is 64.7 Å². The first-order chi connectivity index (χ1) is 14.6. The van der Waals surface area contributed by atoms with E-state index in [9.17, 15) is 13.2 Å². The van der Waals surface area contributed by atoms with Gasteiger partial charge in [-0.3, -0.25) is 9.36 Å². The molecular weight excluding hydrogens is 430 g/mol. The number of carbonyl (C=O) groups is 1. The number of carbonyl (C=O) groups excluding carboxylic acids is 1. The highest BCUT2D eigenvalue weighted by Crippen LogP contribution is 2.30. The van der Waals surface area contributed by atoms with Gasteiger partial charge in [-0.15, -0.1) is 0 Å². The summed E-state index contributed by atoms with van der Waals surface area (Å²) in [6.07, 6.45) is 4.26. The molecule has 164 valence electrons. The van der Waals surface area contributed by atoms with Gasteiger partial charge in [0.2, 0.25) is 0 Å². The van der Waals surface area contributed by atoms with Crippen molar-refractivity contribution < 1.29 is 13.2 Å². The number of aryl methyl sites for hydroxylation is 3. The smallest absolute Gasteiger partial charge is 0.175 e. The number of aromatic nitrogens is 3. The highest BCUT2D eigenvalue weighted by Gasteiger charge is 2.31. The molecule has 3 aromatic rings. The van der Waals surface area contributed by atoms with Crippen LogP contribution in [0.4, 0.5) is 0 Å². The monoisotopic (exact) mass is 457 g/mol. The van der Waals surface area contributed by atoms with Gasteiger partial charge in [-0.1, -0.05) is 17.8 Å². The van der Waals surface area contributed by atoms with Crippen LogP contribution in [0, 0.1) is 27.7 Å². The van der Waals surface area contributed by atoms with E-state index in [0.29, 0.717) is 12.0 Å². The van der Waals surface area contributed by atoms with Gasteiger partial charge in [0.25, 0.3) is 0 Å². The van der Waals surface area contributed by atoms with Gasteiger partial charge in [0.15, 0.2) is 20.8 Å². The van der Waals surface area contributed by atoms with Gasteiger partial charge in [0.05, 0.1) is 17.3 Å². The third-order valence-electron chi connectivity index (χ3n) is 5.78. The van der Waals surface area contributed by atoms with Gasteiger partial charge in [0.1, 0.15) is 0 Å². The van der Waals surface area contributed by atoms with E-state index in [1.54, 1.807) is 6.20 Å². The molecule has 0 saturated carbocycles. The maximum absolute atomic E-state index is 13.0. The standard InChI is InChI=1S/C23H27N3O3S2/c1-15-9-16(2)11-20(10-15)25-7-6-24-23(25)30-13-22(27)21-12-17(3)26(18(21)4)19-5-8-31(28,29)14-19/h6-7,9-12,19H,5,8,13-14H2,1-4H3. The van der Waals surface area contributed by atoms with Gasteiger partial charge >= 0.3 is 0 Å². The molecule has 1 saturated heterocycles. The number of thioether (sulfide) groups is 1. The Morgan fingerprint density at radius 3 is 2.48 bits per heavy atom. The molecule has 1 aliphatic rings. The fourth-order valence-corrected chi connectivity index (χ4v) is 7.05. The number of nitrogens with zero attached hydrogens (tertiary/aromatic N) is 3. The first-order valence-corrected chi connectivity index (χ1v) is 13.1. The zero-order valence-electron chi connectivity index (χ0n) is 18.3. The lowest BCUT2D eigenvalue weighted by molar-refractivity contribution is 0.102. The van der Waals surface area contributed by atoms with E-state index in [1.165, 1.54) is 22.9 Å². The molecular formula is C23H27N3O3S2. The minimum atomic E-state index is -2.99. The second kappa shape index (κ2) is 8.31. The minimum Gasteiger partial charge on any atom is -0.344 e. The molecule has 1 unspecified atom stereocenters. The van der Waals surface area contributed by atoms with Gasteiger partial charge in [0, 0.05) is 41.1 Å². The Morgan fingerprint density at radius 2 is 1.84 bits per heavy atom. The first kappa shape index (κ1) is 21.9. The summed E-state index contributed by atoms with van der Waals surface area (Å²) in [4.78, 5) is 17.5. The van der Waals surface area contributed by atoms with E-state index in [0.717, 1.165) is 22.2 Å². The van der Waals surface area contributed by atoms with Crippen molar-refractivity contribution in [1.82, 2.24) is 14.1 Å². The van der Waals surface area contributed by atoms with Crippen LogP contribution in [0.25, 0.3) is 5.69 Å². The van der Waals surface area contributed by atoms with Crippen molar-refractivity contribution >= 4 is 27.4 Å². The Hall–Kier alpha value is -2.32. The van der Waals surface area contributed by atoms with Crippen LogP contribution in [-0.2, 0) is 9.84 Å². The van der Waals surface area contributed by atoms with Gasteiger partial charge in [-0.25, -0.2) is 13.4 Å². The Balaban J connectivity index is 1.52. The Bertz CT molecular complexity index is 1230. The fraction of sp³-hybridized carbons (Fsp3) is 0.391. The third kappa shape index (κ3) is 4.50. The fourth-order valence-electron chi connectivity index (χ4n) is 4.49. The third-order valence-corrected chi connectivity index (χ3v) is 8.50. The molecule has 1 fully saturated rings. The highest BCUT2D eigenvalue weighted by atomic mass is 32.2. The molecule has 0 aliphatic carbocycles. The van der Waals surface area contributed by atoms with Crippen LogP contribution in [0.1, 0.15) is 45.3 Å². The van der Waals surface area contributed by atoms with Crippen LogP contribution in [-0.4, -0.2) is 45.6 Å². The SMILES string of the molecule is Cc1cc(C)cc(-n2ccnc2SCC(=O)c2cc(C)n(C3CCS(=O)(=O)C3)c2C)c1. The average Bonchev–Trinajstić information content (AvgIpc) is 3.36. The zero-order chi connectivity index (χ0) is 22.3. The number of Topliss-reactive ketones (excluding diaryl/α,β-unsaturated/α-hetero) is 1. The summed E-state index contributed by atoms with van der Waals surface area (Å²) in [5, 5.41) is 0.772. The van der Waals surface area contributed by atoms with E-state index in [1.807, 2.05) is 35.2 Å². The molecule has 8 heteroatoms. The van der Waals surface area contributed by atoms with E-state index in [-0.39, 0.29) is 29.1 Å². The van der Waals surface area contributed by atoms with Crippen molar-refractivity contribution in [3.63, 3.8) is 0 Å². The molecule has 0 N–H and O–H groups in total. The summed E-state index contributed by atoms with van der Waals surface area (Å²) in [5.74, 6) is 0.670. The van der Waals surface area contributed by atoms with Crippen molar-refractivity contribution in [1.29, 1.82) is 0 Å². The molecule has 0 amide bonds. The zero-order valence-corrected chi connectivity index (χ0v) is 19.9. The summed E-state index contributed by atoms with van der Waals surface area (Å²) < 4.78 is 27.9. The topological polar surface area (TPSA) is 74.0 Å². The van der Waals surface area contributed by atoms with Crippen LogP contribution in [0.2, 0.25) is 0 Å². The minimum absolute atomic E-state index is 0.0279. The molecule has 4 rings (SSSR count). The van der Waals surface area contributed by atoms with E-state index in [2.05, 4.69) is 37.0 Å². The summed E-state index contributed by atoms with van der Waals surface area (Å²) in [5.41, 5.74) is 5.84. The predicted molar refractivity (Wildman–Crippen MR) is 124 cm³/mol. The van der Waals surface area contributed by atoms with Crippen LogP contribution in [0.3, 0.4) is 0 Å². The molecule has 1 atom stereocenters. The average molecular weight is 458 g/mol. The number of benzene rings is 1. The van der Waals surface area contributed by atoms with Crippen LogP contribution in [0.5, 0.6) is 0 Å². The highest BCUT2D eigenvalue weighted by molar-refractivity contribution is 7.99. The normalized spacial score (nSPS) is 17.9. The lowest BCUT2D eigenvalue weighted by Crippen LogP contribution is -2.14. The number of sulfone groups is 1. The summed E-state index contributed by atoms with van der Waals surface area (Å²) in [6.45, 7) is 7.98. The van der Waals surface area contributed by atoms with Crippen molar-refractivity contribution in [2.45, 2.75) is 45.3 Å². The maximum atomic E-state index is 13.0. The molecule has 1 aromatic carbocycles. The van der Waals surface area contributed by atoms with E-state index < -0.39 is 9.84 Å². The molecule has 0 radical (unpaired) electrons. The molecule has 31 heavy (non-hydrogen) atoms. The van der Waals surface area contributed by atoms with Gasteiger partial charge < -0.3 is 4.57 Å². The molecule has 6 nitrogen and oxygen atoms in total. The Labute approximate surface area is 187 Å².